The van der Waals surface area contributed by atoms with Gasteiger partial charge in [0.05, 0.1) is 0 Å². The molecule has 2 nitrogen and oxygen atoms in total. The third kappa shape index (κ3) is 2.47. The predicted molar refractivity (Wildman–Crippen MR) is 62.0 cm³/mol. The molecule has 0 N–H and O–H groups in total. The van der Waals surface area contributed by atoms with Crippen molar-refractivity contribution in [2.45, 2.75) is 51.0 Å². The summed E-state index contributed by atoms with van der Waals surface area (Å²) in [4.78, 5) is 14.3. The third-order valence-corrected chi connectivity index (χ3v) is 4.00. The zero-order chi connectivity index (χ0) is 10.7. The molecule has 0 unspecified atom stereocenters. The van der Waals surface area contributed by atoms with Crippen molar-refractivity contribution < 1.29 is 4.79 Å². The quantitative estimate of drug-likeness (QED) is 0.679. The molecule has 2 rings (SSSR count). The molecule has 0 saturated heterocycles. The molecule has 0 radical (unpaired) electrons. The first kappa shape index (κ1) is 11.3. The van der Waals surface area contributed by atoms with Gasteiger partial charge >= 0.3 is 0 Å². The SMILES string of the molecule is O=C(C1CCCC1)N(CCCl)C1CCC1. The number of carbonyl (C=O) groups is 1. The van der Waals surface area contributed by atoms with Crippen LogP contribution in [0.25, 0.3) is 0 Å². The second kappa shape index (κ2) is 5.20. The zero-order valence-electron chi connectivity index (χ0n) is 9.25. The van der Waals surface area contributed by atoms with Crippen molar-refractivity contribution in [2.75, 3.05) is 12.4 Å². The van der Waals surface area contributed by atoms with Gasteiger partial charge in [-0.25, -0.2) is 0 Å². The van der Waals surface area contributed by atoms with Crippen molar-refractivity contribution in [2.24, 2.45) is 5.92 Å². The fourth-order valence-corrected chi connectivity index (χ4v) is 2.85. The number of rotatable bonds is 4. The smallest absolute Gasteiger partial charge is 0.225 e. The summed E-state index contributed by atoms with van der Waals surface area (Å²) in [6.45, 7) is 0.752. The molecule has 2 aliphatic rings. The number of alkyl halides is 1. The molecule has 0 aromatic carbocycles. The van der Waals surface area contributed by atoms with Crippen LogP contribution in [0.1, 0.15) is 44.9 Å². The van der Waals surface area contributed by atoms with E-state index in [9.17, 15) is 4.79 Å². The fraction of sp³-hybridized carbons (Fsp3) is 0.917. The van der Waals surface area contributed by atoms with Crippen LogP contribution in [-0.4, -0.2) is 29.3 Å². The standard InChI is InChI=1S/C12H20ClNO/c13-8-9-14(11-6-3-7-11)12(15)10-4-1-2-5-10/h10-11H,1-9H2. The van der Waals surface area contributed by atoms with Gasteiger partial charge in [-0.2, -0.15) is 0 Å². The molecule has 2 fully saturated rings. The number of hydrogen-bond acceptors (Lipinski definition) is 1. The molecule has 0 bridgehead atoms. The average molecular weight is 230 g/mol. The number of hydrogen-bond donors (Lipinski definition) is 0. The van der Waals surface area contributed by atoms with Gasteiger partial charge in [0, 0.05) is 24.4 Å². The maximum absolute atomic E-state index is 12.2. The van der Waals surface area contributed by atoms with E-state index < -0.39 is 0 Å². The largest absolute Gasteiger partial charge is 0.338 e. The molecule has 0 atom stereocenters. The molecule has 2 aliphatic carbocycles. The topological polar surface area (TPSA) is 20.3 Å². The minimum absolute atomic E-state index is 0.314. The van der Waals surface area contributed by atoms with Crippen LogP contribution in [0.3, 0.4) is 0 Å². The lowest BCUT2D eigenvalue weighted by atomic mass is 9.90. The summed E-state index contributed by atoms with van der Waals surface area (Å²) in [6, 6.07) is 0.511. The summed E-state index contributed by atoms with van der Waals surface area (Å²) >= 11 is 5.78. The highest BCUT2D eigenvalue weighted by Gasteiger charge is 2.33. The van der Waals surface area contributed by atoms with Gasteiger partial charge in [0.15, 0.2) is 0 Å². The Labute approximate surface area is 97.0 Å². The molecule has 86 valence electrons. The Kier molecular flexibility index (Phi) is 3.90. The van der Waals surface area contributed by atoms with Crippen molar-refractivity contribution >= 4 is 17.5 Å². The molecule has 15 heavy (non-hydrogen) atoms. The summed E-state index contributed by atoms with van der Waals surface area (Å²) in [5, 5.41) is 0. The van der Waals surface area contributed by atoms with Gasteiger partial charge < -0.3 is 4.90 Å². The lowest BCUT2D eigenvalue weighted by Crippen LogP contribution is -2.47. The van der Waals surface area contributed by atoms with Crippen LogP contribution in [-0.2, 0) is 4.79 Å². The Morgan fingerprint density at radius 3 is 2.27 bits per heavy atom. The van der Waals surface area contributed by atoms with Crippen LogP contribution in [0.4, 0.5) is 0 Å². The molecule has 0 aromatic heterocycles. The second-order valence-corrected chi connectivity index (χ2v) is 5.16. The maximum Gasteiger partial charge on any atom is 0.225 e. The molecule has 0 heterocycles. The molecular formula is C12H20ClNO. The Bertz CT molecular complexity index is 222. The minimum atomic E-state index is 0.314. The lowest BCUT2D eigenvalue weighted by molar-refractivity contribution is -0.139. The van der Waals surface area contributed by atoms with Gasteiger partial charge in [0.2, 0.25) is 5.91 Å². The van der Waals surface area contributed by atoms with Crippen LogP contribution >= 0.6 is 11.6 Å². The first-order chi connectivity index (χ1) is 7.33. The number of amides is 1. The third-order valence-electron chi connectivity index (χ3n) is 3.83. The molecule has 0 aromatic rings. The Hall–Kier alpha value is -0.240. The van der Waals surface area contributed by atoms with E-state index in [1.54, 1.807) is 0 Å². The van der Waals surface area contributed by atoms with E-state index >= 15 is 0 Å². The molecule has 1 amide bonds. The van der Waals surface area contributed by atoms with E-state index in [1.165, 1.54) is 32.1 Å². The molecular weight excluding hydrogens is 210 g/mol. The summed E-state index contributed by atoms with van der Waals surface area (Å²) in [6.07, 6.45) is 8.33. The van der Waals surface area contributed by atoms with E-state index in [4.69, 9.17) is 11.6 Å². The summed E-state index contributed by atoms with van der Waals surface area (Å²) < 4.78 is 0. The van der Waals surface area contributed by atoms with Gasteiger partial charge in [-0.3, -0.25) is 4.79 Å². The number of nitrogens with zero attached hydrogens (tertiary/aromatic N) is 1. The van der Waals surface area contributed by atoms with Crippen LogP contribution in [0.5, 0.6) is 0 Å². The van der Waals surface area contributed by atoms with Gasteiger partial charge in [0.1, 0.15) is 0 Å². The van der Waals surface area contributed by atoms with Crippen LogP contribution < -0.4 is 0 Å². The summed E-state index contributed by atoms with van der Waals surface area (Å²) in [5.74, 6) is 1.28. The normalized spacial score (nSPS) is 22.7. The van der Waals surface area contributed by atoms with E-state index in [1.807, 2.05) is 0 Å². The predicted octanol–water partition coefficient (Wildman–Crippen LogP) is 2.80. The summed E-state index contributed by atoms with van der Waals surface area (Å²) in [7, 11) is 0. The highest BCUT2D eigenvalue weighted by molar-refractivity contribution is 6.18. The molecule has 2 saturated carbocycles. The maximum atomic E-state index is 12.2. The van der Waals surface area contributed by atoms with Crippen molar-refractivity contribution in [3.05, 3.63) is 0 Å². The highest BCUT2D eigenvalue weighted by Crippen LogP contribution is 2.31. The summed E-state index contributed by atoms with van der Waals surface area (Å²) in [5.41, 5.74) is 0. The van der Waals surface area contributed by atoms with Crippen molar-refractivity contribution in [3.8, 4) is 0 Å². The number of halogens is 1. The number of carbonyl (C=O) groups excluding carboxylic acids is 1. The van der Waals surface area contributed by atoms with E-state index in [-0.39, 0.29) is 0 Å². The molecule has 0 aliphatic heterocycles. The molecule has 0 spiro atoms. The van der Waals surface area contributed by atoms with Gasteiger partial charge in [-0.15, -0.1) is 11.6 Å². The molecule has 3 heteroatoms. The second-order valence-electron chi connectivity index (χ2n) is 4.79. The zero-order valence-corrected chi connectivity index (χ0v) is 10.0. The Balaban J connectivity index is 1.92. The highest BCUT2D eigenvalue weighted by atomic mass is 35.5. The first-order valence-electron chi connectivity index (χ1n) is 6.19. The van der Waals surface area contributed by atoms with Gasteiger partial charge in [0.25, 0.3) is 0 Å². The fourth-order valence-electron chi connectivity index (χ4n) is 2.67. The minimum Gasteiger partial charge on any atom is -0.338 e. The Morgan fingerprint density at radius 1 is 1.13 bits per heavy atom. The van der Waals surface area contributed by atoms with Gasteiger partial charge in [-0.05, 0) is 32.1 Å². The first-order valence-corrected chi connectivity index (χ1v) is 6.73. The van der Waals surface area contributed by atoms with Crippen molar-refractivity contribution in [1.82, 2.24) is 4.90 Å². The van der Waals surface area contributed by atoms with Crippen molar-refractivity contribution in [3.63, 3.8) is 0 Å². The van der Waals surface area contributed by atoms with Gasteiger partial charge in [-0.1, -0.05) is 12.8 Å². The van der Waals surface area contributed by atoms with E-state index in [2.05, 4.69) is 4.90 Å². The van der Waals surface area contributed by atoms with Crippen LogP contribution in [0.2, 0.25) is 0 Å². The van der Waals surface area contributed by atoms with E-state index in [0.717, 1.165) is 19.4 Å². The lowest BCUT2D eigenvalue weighted by Gasteiger charge is -2.38. The van der Waals surface area contributed by atoms with Crippen LogP contribution in [0, 0.1) is 5.92 Å². The van der Waals surface area contributed by atoms with Crippen LogP contribution in [0.15, 0.2) is 0 Å². The van der Waals surface area contributed by atoms with E-state index in [0.29, 0.717) is 23.7 Å². The average Bonchev–Trinajstić information content (AvgIpc) is 2.66. The van der Waals surface area contributed by atoms with Crippen molar-refractivity contribution in [1.29, 1.82) is 0 Å². The Morgan fingerprint density at radius 2 is 1.80 bits per heavy atom. The monoisotopic (exact) mass is 229 g/mol.